The van der Waals surface area contributed by atoms with Gasteiger partial charge in [0.2, 0.25) is 0 Å². The minimum Gasteiger partial charge on any atom is -0.481 e. The van der Waals surface area contributed by atoms with Crippen molar-refractivity contribution in [1.29, 1.82) is 0 Å². The standard InChI is InChI=1S/C7H12O2.C3H6O2.2C2H6.CH3.2Y/c1-6(8)4-3-5-7(2)9;1-2-3(4)5;2*1-2;;;/h3-5H2,1-2H3;2H2,1H3,(H,4,5);2*1-2H3;1H3;;/q;;;;-1;;. The van der Waals surface area contributed by atoms with E-state index in [1.165, 1.54) is 0 Å². The molecular weight excluding hydrogens is 422 g/mol. The predicted molar refractivity (Wildman–Crippen MR) is 82.2 cm³/mol. The normalized spacial score (nSPS) is 6.24. The number of carbonyl (C=O) groups is 3. The number of rotatable bonds is 5. The van der Waals surface area contributed by atoms with E-state index in [9.17, 15) is 14.4 Å². The van der Waals surface area contributed by atoms with Gasteiger partial charge in [-0.15, -0.1) is 0 Å². The number of hydrogen-bond acceptors (Lipinski definition) is 3. The molecule has 0 amide bonds. The maximum absolute atomic E-state index is 10.3. The maximum atomic E-state index is 10.3. The molecule has 0 atom stereocenters. The summed E-state index contributed by atoms with van der Waals surface area (Å²) < 4.78 is 0. The largest absolute Gasteiger partial charge is 0.481 e. The zero-order valence-electron chi connectivity index (χ0n) is 15.2. The summed E-state index contributed by atoms with van der Waals surface area (Å²) in [6.45, 7) is 12.7. The van der Waals surface area contributed by atoms with E-state index in [1.807, 2.05) is 27.7 Å². The molecule has 0 aliphatic heterocycles. The van der Waals surface area contributed by atoms with Gasteiger partial charge in [-0.2, -0.15) is 0 Å². The molecule has 0 aliphatic carbocycles. The van der Waals surface area contributed by atoms with Crippen LogP contribution in [-0.4, -0.2) is 22.6 Å². The number of Topliss-reactive ketones (excluding diaryl/α,β-unsaturated/α-hetero) is 2. The molecule has 0 aliphatic rings. The van der Waals surface area contributed by atoms with Crippen LogP contribution in [0.15, 0.2) is 0 Å². The molecule has 0 fully saturated rings. The second-order valence-corrected chi connectivity index (χ2v) is 3.00. The van der Waals surface area contributed by atoms with Gasteiger partial charge in [0, 0.05) is 84.7 Å². The average Bonchev–Trinajstić information content (AvgIpc) is 2.34. The van der Waals surface area contributed by atoms with Crippen molar-refractivity contribution in [3.8, 4) is 0 Å². The first kappa shape index (κ1) is 43.1. The smallest absolute Gasteiger partial charge is 0.303 e. The molecule has 0 heterocycles. The van der Waals surface area contributed by atoms with Gasteiger partial charge in [0.1, 0.15) is 11.6 Å². The van der Waals surface area contributed by atoms with Gasteiger partial charge in [-0.3, -0.25) is 4.79 Å². The molecule has 0 bridgehead atoms. The van der Waals surface area contributed by atoms with Crippen molar-refractivity contribution >= 4 is 17.5 Å². The predicted octanol–water partition coefficient (Wildman–Crippen LogP) is 4.31. The van der Waals surface area contributed by atoms with E-state index in [4.69, 9.17) is 5.11 Å². The van der Waals surface area contributed by atoms with Gasteiger partial charge in [0.25, 0.3) is 0 Å². The van der Waals surface area contributed by atoms with Crippen molar-refractivity contribution in [3.05, 3.63) is 7.43 Å². The quantitative estimate of drug-likeness (QED) is 0.628. The first-order chi connectivity index (χ1) is 8.40. The van der Waals surface area contributed by atoms with Crippen molar-refractivity contribution < 1.29 is 84.9 Å². The topological polar surface area (TPSA) is 71.4 Å². The number of carboxylic acids is 1. The Morgan fingerprint density at radius 2 is 1.00 bits per heavy atom. The third kappa shape index (κ3) is 93.5. The van der Waals surface area contributed by atoms with Crippen LogP contribution < -0.4 is 0 Å². The third-order valence-corrected chi connectivity index (χ3v) is 1.36. The Kier molecular flexibility index (Phi) is 88.0. The molecule has 1 N–H and O–H groups in total. The summed E-state index contributed by atoms with van der Waals surface area (Å²) in [6.07, 6.45) is 2.02. The minimum atomic E-state index is -0.745. The number of hydrogen-bond donors (Lipinski definition) is 1. The monoisotopic (exact) mass is 455 g/mol. The van der Waals surface area contributed by atoms with Crippen molar-refractivity contribution in [1.82, 2.24) is 0 Å². The van der Waals surface area contributed by atoms with Gasteiger partial charge in [-0.05, 0) is 20.3 Å². The van der Waals surface area contributed by atoms with Crippen LogP contribution in [0.1, 0.15) is 74.1 Å². The van der Waals surface area contributed by atoms with E-state index in [2.05, 4.69) is 0 Å². The summed E-state index contributed by atoms with van der Waals surface area (Å²) in [4.78, 5) is 30.0. The van der Waals surface area contributed by atoms with Gasteiger partial charge in [-0.25, -0.2) is 0 Å². The Balaban J connectivity index is -0.0000000286. The molecule has 21 heavy (non-hydrogen) atoms. The molecule has 0 rings (SSSR count). The van der Waals surface area contributed by atoms with Gasteiger partial charge in [0.15, 0.2) is 0 Å². The molecule has 124 valence electrons. The molecule has 2 radical (unpaired) electrons. The first-order valence-corrected chi connectivity index (χ1v) is 6.60. The van der Waals surface area contributed by atoms with Gasteiger partial charge < -0.3 is 22.1 Å². The number of aliphatic carboxylic acids is 1. The maximum Gasteiger partial charge on any atom is 0.303 e. The molecule has 0 saturated heterocycles. The average molecular weight is 455 g/mol. The summed E-state index contributed by atoms with van der Waals surface area (Å²) in [5.74, 6) is -0.419. The Morgan fingerprint density at radius 1 is 0.810 bits per heavy atom. The fourth-order valence-electron chi connectivity index (χ4n) is 0.586. The first-order valence-electron chi connectivity index (χ1n) is 6.60. The molecule has 0 unspecified atom stereocenters. The summed E-state index contributed by atoms with van der Waals surface area (Å²) in [7, 11) is 0. The molecule has 0 aromatic heterocycles. The molecule has 0 spiro atoms. The molecule has 0 aromatic carbocycles. The Hall–Kier alpha value is 1.02. The van der Waals surface area contributed by atoms with Crippen LogP contribution in [0, 0.1) is 7.43 Å². The SMILES string of the molecule is CC.CC.CC(=O)CCCC(C)=O.CCC(=O)O.[CH3-].[Y].[Y]. The number of carbonyl (C=O) groups excluding carboxylic acids is 2. The van der Waals surface area contributed by atoms with Crippen molar-refractivity contribution in [2.24, 2.45) is 0 Å². The van der Waals surface area contributed by atoms with Gasteiger partial charge in [0.05, 0.1) is 0 Å². The molecule has 6 heteroatoms. The molecule has 0 saturated carbocycles. The van der Waals surface area contributed by atoms with Gasteiger partial charge in [-0.1, -0.05) is 34.6 Å². The van der Waals surface area contributed by atoms with Crippen LogP contribution in [0.25, 0.3) is 0 Å². The summed E-state index contributed by atoms with van der Waals surface area (Å²) in [5.41, 5.74) is 0. The van der Waals surface area contributed by atoms with Crippen LogP contribution in [-0.2, 0) is 79.8 Å². The van der Waals surface area contributed by atoms with Crippen molar-refractivity contribution in [2.45, 2.75) is 74.1 Å². The Morgan fingerprint density at radius 3 is 1.10 bits per heavy atom. The van der Waals surface area contributed by atoms with E-state index in [0.717, 1.165) is 0 Å². The fraction of sp³-hybridized carbons (Fsp3) is 0.733. The van der Waals surface area contributed by atoms with E-state index in [0.29, 0.717) is 19.3 Å². The van der Waals surface area contributed by atoms with Crippen LogP contribution >= 0.6 is 0 Å². The molecule has 4 nitrogen and oxygen atoms in total. The van der Waals surface area contributed by atoms with Gasteiger partial charge >= 0.3 is 5.97 Å². The van der Waals surface area contributed by atoms with Crippen LogP contribution in [0.3, 0.4) is 0 Å². The summed E-state index contributed by atoms with van der Waals surface area (Å²) in [6, 6.07) is 0. The van der Waals surface area contributed by atoms with Crippen LogP contribution in [0.4, 0.5) is 0 Å². The van der Waals surface area contributed by atoms with Crippen molar-refractivity contribution in [3.63, 3.8) is 0 Å². The van der Waals surface area contributed by atoms with Crippen LogP contribution in [0.2, 0.25) is 0 Å². The third-order valence-electron chi connectivity index (χ3n) is 1.36. The number of carboxylic acid groups (broad SMARTS) is 1. The van der Waals surface area contributed by atoms with E-state index in [-0.39, 0.29) is 90.8 Å². The fourth-order valence-corrected chi connectivity index (χ4v) is 0.586. The molecular formula is C15H33O4Y2-. The second-order valence-electron chi connectivity index (χ2n) is 3.00. The van der Waals surface area contributed by atoms with E-state index < -0.39 is 5.97 Å². The Bertz CT molecular complexity index is 194. The second kappa shape index (κ2) is 42.9. The Labute approximate surface area is 182 Å². The van der Waals surface area contributed by atoms with Crippen LogP contribution in [0.5, 0.6) is 0 Å². The summed E-state index contributed by atoms with van der Waals surface area (Å²) >= 11 is 0. The zero-order valence-corrected chi connectivity index (χ0v) is 20.8. The van der Waals surface area contributed by atoms with Crippen molar-refractivity contribution in [2.75, 3.05) is 0 Å². The molecule has 0 aromatic rings. The number of ketones is 2. The van der Waals surface area contributed by atoms with E-state index in [1.54, 1.807) is 20.8 Å². The van der Waals surface area contributed by atoms with E-state index >= 15 is 0 Å². The summed E-state index contributed by atoms with van der Waals surface area (Å²) in [5, 5.41) is 7.72. The minimum absolute atomic E-state index is 0. The zero-order chi connectivity index (χ0) is 15.6.